The molecular formula is C9H10BrN3O. The van der Waals surface area contributed by atoms with E-state index in [4.69, 9.17) is 0 Å². The molecule has 0 saturated heterocycles. The van der Waals surface area contributed by atoms with Crippen LogP contribution in [0.5, 0.6) is 0 Å². The average Bonchev–Trinajstić information content (AvgIpc) is 2.14. The minimum absolute atomic E-state index is 0.0571. The number of halogens is 1. The number of likely N-dealkylation sites (N-methyl/N-ethyl adjacent to an activating group) is 1. The van der Waals surface area contributed by atoms with Gasteiger partial charge in [0.2, 0.25) is 5.91 Å². The van der Waals surface area contributed by atoms with Crippen molar-refractivity contribution >= 4 is 33.3 Å². The number of carbonyl (C=O) groups excluding carboxylic acids is 1. The predicted molar refractivity (Wildman–Crippen MR) is 58.4 cm³/mol. The third kappa shape index (κ3) is 1.37. The van der Waals surface area contributed by atoms with Gasteiger partial charge in [-0.25, -0.2) is 4.98 Å². The minimum Gasteiger partial charge on any atom is -0.357 e. The van der Waals surface area contributed by atoms with E-state index in [1.807, 2.05) is 19.1 Å². The Balaban J connectivity index is 2.50. The number of nitrogens with zero attached hydrogens (tertiary/aromatic N) is 2. The second-order valence-corrected chi connectivity index (χ2v) is 4.08. The smallest absolute Gasteiger partial charge is 0.249 e. The molecular weight excluding hydrogens is 246 g/mol. The Hall–Kier alpha value is -1.10. The van der Waals surface area contributed by atoms with Crippen LogP contribution in [0.15, 0.2) is 16.7 Å². The van der Waals surface area contributed by atoms with E-state index >= 15 is 0 Å². The molecule has 1 N–H and O–H groups in total. The Kier molecular flexibility index (Phi) is 2.19. The SMILES string of the molecule is CC1Nc2nc(Br)ccc2N(C)C1=O. The number of pyridine rings is 1. The molecule has 1 atom stereocenters. The van der Waals surface area contributed by atoms with Gasteiger partial charge in [-0.05, 0) is 35.0 Å². The fraction of sp³-hybridized carbons (Fsp3) is 0.333. The Labute approximate surface area is 90.4 Å². The van der Waals surface area contributed by atoms with Crippen LogP contribution in [0.25, 0.3) is 0 Å². The summed E-state index contributed by atoms with van der Waals surface area (Å²) in [6.45, 7) is 1.82. The van der Waals surface area contributed by atoms with E-state index in [2.05, 4.69) is 26.2 Å². The molecule has 0 radical (unpaired) electrons. The number of nitrogens with one attached hydrogen (secondary N) is 1. The molecule has 1 aromatic rings. The molecule has 5 heteroatoms. The van der Waals surface area contributed by atoms with Crippen molar-refractivity contribution in [3.63, 3.8) is 0 Å². The largest absolute Gasteiger partial charge is 0.357 e. The number of hydrogen-bond acceptors (Lipinski definition) is 3. The molecule has 4 nitrogen and oxygen atoms in total. The summed E-state index contributed by atoms with van der Waals surface area (Å²) >= 11 is 3.29. The first-order chi connectivity index (χ1) is 6.59. The fourth-order valence-corrected chi connectivity index (χ4v) is 1.79. The van der Waals surface area contributed by atoms with E-state index in [0.717, 1.165) is 16.1 Å². The van der Waals surface area contributed by atoms with E-state index < -0.39 is 0 Å². The number of amides is 1. The van der Waals surface area contributed by atoms with Gasteiger partial charge >= 0.3 is 0 Å². The van der Waals surface area contributed by atoms with E-state index in [1.54, 1.807) is 11.9 Å². The van der Waals surface area contributed by atoms with Gasteiger partial charge in [0, 0.05) is 7.05 Å². The number of carbonyl (C=O) groups is 1. The quantitative estimate of drug-likeness (QED) is 0.717. The van der Waals surface area contributed by atoms with Crippen molar-refractivity contribution in [3.8, 4) is 0 Å². The highest BCUT2D eigenvalue weighted by Gasteiger charge is 2.27. The summed E-state index contributed by atoms with van der Waals surface area (Å²) in [5.41, 5.74) is 0.816. The molecule has 74 valence electrons. The van der Waals surface area contributed by atoms with Gasteiger partial charge in [0.05, 0.1) is 5.69 Å². The van der Waals surface area contributed by atoms with Gasteiger partial charge in [-0.1, -0.05) is 0 Å². The molecule has 1 aliphatic heterocycles. The van der Waals surface area contributed by atoms with Crippen LogP contribution in [0.1, 0.15) is 6.92 Å². The summed E-state index contributed by atoms with van der Waals surface area (Å²) in [6.07, 6.45) is 0. The second-order valence-electron chi connectivity index (χ2n) is 3.26. The van der Waals surface area contributed by atoms with Crippen molar-refractivity contribution < 1.29 is 4.79 Å². The molecule has 2 rings (SSSR count). The molecule has 1 aromatic heterocycles. The lowest BCUT2D eigenvalue weighted by atomic mass is 10.2. The van der Waals surface area contributed by atoms with Crippen molar-refractivity contribution in [2.75, 3.05) is 17.3 Å². The van der Waals surface area contributed by atoms with E-state index in [0.29, 0.717) is 0 Å². The third-order valence-corrected chi connectivity index (χ3v) is 2.70. The summed E-state index contributed by atoms with van der Waals surface area (Å²) in [6, 6.07) is 3.47. The fourth-order valence-electron chi connectivity index (χ4n) is 1.48. The zero-order valence-electron chi connectivity index (χ0n) is 7.91. The number of hydrogen-bond donors (Lipinski definition) is 1. The van der Waals surface area contributed by atoms with Crippen LogP contribution in [0.2, 0.25) is 0 Å². The van der Waals surface area contributed by atoms with Crippen LogP contribution in [0.4, 0.5) is 11.5 Å². The second kappa shape index (κ2) is 3.24. The minimum atomic E-state index is -0.214. The summed E-state index contributed by atoms with van der Waals surface area (Å²) in [5.74, 6) is 0.801. The predicted octanol–water partition coefficient (Wildman–Crippen LogP) is 1.62. The topological polar surface area (TPSA) is 45.2 Å². The Morgan fingerprint density at radius 2 is 2.29 bits per heavy atom. The number of aromatic nitrogens is 1. The molecule has 0 aromatic carbocycles. The maximum Gasteiger partial charge on any atom is 0.249 e. The highest BCUT2D eigenvalue weighted by Crippen LogP contribution is 2.29. The monoisotopic (exact) mass is 255 g/mol. The molecule has 1 amide bonds. The highest BCUT2D eigenvalue weighted by atomic mass is 79.9. The van der Waals surface area contributed by atoms with Crippen molar-refractivity contribution in [1.29, 1.82) is 0 Å². The van der Waals surface area contributed by atoms with E-state index in [-0.39, 0.29) is 11.9 Å². The molecule has 0 fully saturated rings. The summed E-state index contributed by atoms with van der Waals surface area (Å²) in [5, 5.41) is 3.05. The average molecular weight is 256 g/mol. The Bertz CT molecular complexity index is 394. The molecule has 0 spiro atoms. The Morgan fingerprint density at radius 1 is 1.57 bits per heavy atom. The number of rotatable bonds is 0. The van der Waals surface area contributed by atoms with Crippen molar-refractivity contribution in [2.45, 2.75) is 13.0 Å². The lowest BCUT2D eigenvalue weighted by Gasteiger charge is -2.30. The van der Waals surface area contributed by atoms with Crippen molar-refractivity contribution in [1.82, 2.24) is 4.98 Å². The van der Waals surface area contributed by atoms with Crippen molar-refractivity contribution in [2.24, 2.45) is 0 Å². The molecule has 1 aliphatic rings. The third-order valence-electron chi connectivity index (χ3n) is 2.26. The lowest BCUT2D eigenvalue weighted by Crippen LogP contribution is -2.43. The van der Waals surface area contributed by atoms with Crippen LogP contribution in [0.3, 0.4) is 0 Å². The molecule has 0 saturated carbocycles. The zero-order valence-corrected chi connectivity index (χ0v) is 9.50. The number of anilines is 2. The van der Waals surface area contributed by atoms with Gasteiger partial charge in [0.25, 0.3) is 0 Å². The summed E-state index contributed by atoms with van der Waals surface area (Å²) in [4.78, 5) is 17.5. The van der Waals surface area contributed by atoms with Gasteiger partial charge in [0.1, 0.15) is 10.6 Å². The first-order valence-corrected chi connectivity index (χ1v) is 5.09. The standard InChI is InChI=1S/C9H10BrN3O/c1-5-9(14)13(2)6-3-4-7(10)12-8(6)11-5/h3-5H,1-2H3,(H,11,12). The van der Waals surface area contributed by atoms with E-state index in [9.17, 15) is 4.79 Å². The van der Waals surface area contributed by atoms with Crippen LogP contribution < -0.4 is 10.2 Å². The maximum absolute atomic E-state index is 11.6. The first-order valence-electron chi connectivity index (χ1n) is 4.30. The molecule has 0 aliphatic carbocycles. The zero-order chi connectivity index (χ0) is 10.3. The molecule has 2 heterocycles. The van der Waals surface area contributed by atoms with Gasteiger partial charge in [-0.2, -0.15) is 0 Å². The molecule has 1 unspecified atom stereocenters. The van der Waals surface area contributed by atoms with Crippen molar-refractivity contribution in [3.05, 3.63) is 16.7 Å². The summed E-state index contributed by atoms with van der Waals surface area (Å²) < 4.78 is 0.763. The number of fused-ring (bicyclic) bond motifs is 1. The summed E-state index contributed by atoms with van der Waals surface area (Å²) in [7, 11) is 1.76. The van der Waals surface area contributed by atoms with Crippen LogP contribution in [-0.4, -0.2) is 24.0 Å². The van der Waals surface area contributed by atoms with Gasteiger partial charge in [-0.15, -0.1) is 0 Å². The Morgan fingerprint density at radius 3 is 3.00 bits per heavy atom. The van der Waals surface area contributed by atoms with Gasteiger partial charge < -0.3 is 10.2 Å². The van der Waals surface area contributed by atoms with Gasteiger partial charge in [0.15, 0.2) is 5.82 Å². The normalized spacial score (nSPS) is 20.4. The van der Waals surface area contributed by atoms with Crippen LogP contribution >= 0.6 is 15.9 Å². The molecule has 0 bridgehead atoms. The van der Waals surface area contributed by atoms with Gasteiger partial charge in [-0.3, -0.25) is 4.79 Å². The van der Waals surface area contributed by atoms with Crippen LogP contribution in [-0.2, 0) is 4.79 Å². The van der Waals surface area contributed by atoms with Crippen LogP contribution in [0, 0.1) is 0 Å². The van der Waals surface area contributed by atoms with E-state index in [1.165, 1.54) is 0 Å². The lowest BCUT2D eigenvalue weighted by molar-refractivity contribution is -0.118. The molecule has 14 heavy (non-hydrogen) atoms. The first kappa shape index (κ1) is 9.45. The highest BCUT2D eigenvalue weighted by molar-refractivity contribution is 9.10. The maximum atomic E-state index is 11.6.